The number of piperidine rings is 1. The number of nitrogens with zero attached hydrogens (tertiary/aromatic N) is 3. The zero-order valence-corrected chi connectivity index (χ0v) is 15.7. The summed E-state index contributed by atoms with van der Waals surface area (Å²) in [4.78, 5) is 28.9. The van der Waals surface area contributed by atoms with Crippen molar-refractivity contribution in [3.8, 4) is 11.3 Å². The van der Waals surface area contributed by atoms with Crippen molar-refractivity contribution in [2.24, 2.45) is 11.7 Å². The lowest BCUT2D eigenvalue weighted by atomic mass is 9.96. The van der Waals surface area contributed by atoms with E-state index in [1.165, 1.54) is 0 Å². The maximum Gasteiger partial charge on any atom is 0.261 e. The summed E-state index contributed by atoms with van der Waals surface area (Å²) in [5.41, 5.74) is 6.72. The van der Waals surface area contributed by atoms with E-state index in [-0.39, 0.29) is 17.7 Å². The van der Waals surface area contributed by atoms with Crippen LogP contribution in [-0.2, 0) is 9.53 Å². The molecule has 2 aliphatic heterocycles. The number of aromatic nitrogens is 1. The van der Waals surface area contributed by atoms with Gasteiger partial charge in [-0.2, -0.15) is 0 Å². The second kappa shape index (κ2) is 8.02. The number of ether oxygens (including phenoxy) is 1. The second-order valence-electron chi connectivity index (χ2n) is 7.17. The van der Waals surface area contributed by atoms with Gasteiger partial charge in [0.15, 0.2) is 11.6 Å². The number of carbonyl (C=O) groups excluding carboxylic acids is 2. The molecular weight excluding hydrogens is 360 g/mol. The minimum atomic E-state index is -0.362. The molecule has 8 heteroatoms. The Hall–Kier alpha value is -2.87. The second-order valence-corrected chi connectivity index (χ2v) is 7.17. The predicted molar refractivity (Wildman–Crippen MR) is 103 cm³/mol. The maximum atomic E-state index is 13.5. The third-order valence-corrected chi connectivity index (χ3v) is 5.35. The van der Waals surface area contributed by atoms with Crippen LogP contribution in [0.2, 0.25) is 0 Å². The van der Waals surface area contributed by atoms with Gasteiger partial charge in [0.05, 0.1) is 19.1 Å². The smallest absolute Gasteiger partial charge is 0.261 e. The average molecular weight is 384 g/mol. The predicted octanol–water partition coefficient (Wildman–Crippen LogP) is 1.52. The standard InChI is InChI=1S/C20H24N4O4/c21-18(25)15-7-4-8-24(13-15)20(26)16-17(14-5-2-1-3-6-14)28-22-19(16)23-9-11-27-12-10-23/h1-3,5-6,15H,4,7-13H2,(H2,21,25). The first kappa shape index (κ1) is 18.5. The summed E-state index contributed by atoms with van der Waals surface area (Å²) in [6, 6.07) is 9.48. The van der Waals surface area contributed by atoms with Gasteiger partial charge in [0.2, 0.25) is 5.91 Å². The van der Waals surface area contributed by atoms with Crippen LogP contribution in [0.25, 0.3) is 11.3 Å². The number of anilines is 1. The third kappa shape index (κ3) is 3.60. The highest BCUT2D eigenvalue weighted by Crippen LogP contribution is 2.33. The van der Waals surface area contributed by atoms with Crippen molar-refractivity contribution in [3.05, 3.63) is 35.9 Å². The van der Waals surface area contributed by atoms with E-state index in [0.29, 0.717) is 63.0 Å². The molecular formula is C20H24N4O4. The van der Waals surface area contributed by atoms with Crippen LogP contribution in [0.4, 0.5) is 5.82 Å². The average Bonchev–Trinajstić information content (AvgIpc) is 3.19. The summed E-state index contributed by atoms with van der Waals surface area (Å²) in [6.07, 6.45) is 1.46. The first-order valence-corrected chi connectivity index (χ1v) is 9.61. The lowest BCUT2D eigenvalue weighted by Gasteiger charge is -2.32. The Morgan fingerprint density at radius 1 is 1.11 bits per heavy atom. The molecule has 2 N–H and O–H groups in total. The molecule has 2 aliphatic rings. The summed E-state index contributed by atoms with van der Waals surface area (Å²) >= 11 is 0. The Kier molecular flexibility index (Phi) is 5.29. The van der Waals surface area contributed by atoms with Crippen LogP contribution in [0.1, 0.15) is 23.2 Å². The molecule has 1 aromatic carbocycles. The van der Waals surface area contributed by atoms with Gasteiger partial charge in [-0.15, -0.1) is 0 Å². The van der Waals surface area contributed by atoms with E-state index < -0.39 is 0 Å². The minimum absolute atomic E-state index is 0.174. The van der Waals surface area contributed by atoms with Gasteiger partial charge in [-0.3, -0.25) is 9.59 Å². The van der Waals surface area contributed by atoms with Crippen molar-refractivity contribution in [1.29, 1.82) is 0 Å². The number of hydrogen-bond acceptors (Lipinski definition) is 6. The quantitative estimate of drug-likeness (QED) is 0.857. The molecule has 148 valence electrons. The molecule has 1 atom stereocenters. The van der Waals surface area contributed by atoms with Crippen molar-refractivity contribution in [2.75, 3.05) is 44.3 Å². The first-order valence-electron chi connectivity index (χ1n) is 9.61. The van der Waals surface area contributed by atoms with Crippen molar-refractivity contribution in [1.82, 2.24) is 10.1 Å². The van der Waals surface area contributed by atoms with Crippen LogP contribution < -0.4 is 10.6 Å². The van der Waals surface area contributed by atoms with Crippen LogP contribution in [0.5, 0.6) is 0 Å². The number of rotatable bonds is 4. The number of hydrogen-bond donors (Lipinski definition) is 1. The molecule has 1 unspecified atom stereocenters. The normalized spacial score (nSPS) is 20.2. The number of morpholine rings is 1. The van der Waals surface area contributed by atoms with Crippen molar-refractivity contribution in [2.45, 2.75) is 12.8 Å². The highest BCUT2D eigenvalue weighted by atomic mass is 16.5. The Morgan fingerprint density at radius 2 is 1.86 bits per heavy atom. The third-order valence-electron chi connectivity index (χ3n) is 5.35. The van der Waals surface area contributed by atoms with Gasteiger partial charge in [-0.1, -0.05) is 35.5 Å². The van der Waals surface area contributed by atoms with E-state index >= 15 is 0 Å². The highest BCUT2D eigenvalue weighted by molar-refractivity contribution is 6.04. The molecule has 2 fully saturated rings. The fraction of sp³-hybridized carbons (Fsp3) is 0.450. The van der Waals surface area contributed by atoms with E-state index in [4.69, 9.17) is 15.0 Å². The van der Waals surface area contributed by atoms with Gasteiger partial charge in [0, 0.05) is 31.7 Å². The molecule has 2 aromatic rings. The van der Waals surface area contributed by atoms with E-state index in [1.807, 2.05) is 35.2 Å². The minimum Gasteiger partial charge on any atom is -0.378 e. The van der Waals surface area contributed by atoms with Gasteiger partial charge < -0.3 is 24.8 Å². The largest absolute Gasteiger partial charge is 0.378 e. The summed E-state index contributed by atoms with van der Waals surface area (Å²) in [5.74, 6) is 0.137. The van der Waals surface area contributed by atoms with Gasteiger partial charge in [-0.05, 0) is 12.8 Å². The number of amides is 2. The zero-order chi connectivity index (χ0) is 19.5. The summed E-state index contributed by atoms with van der Waals surface area (Å²) in [6.45, 7) is 3.36. The summed E-state index contributed by atoms with van der Waals surface area (Å²) in [7, 11) is 0. The van der Waals surface area contributed by atoms with Crippen LogP contribution in [0.15, 0.2) is 34.9 Å². The van der Waals surface area contributed by atoms with Crippen molar-refractivity contribution in [3.63, 3.8) is 0 Å². The van der Waals surface area contributed by atoms with Gasteiger partial charge in [0.25, 0.3) is 5.91 Å². The maximum absolute atomic E-state index is 13.5. The Labute approximate surface area is 163 Å². The number of likely N-dealkylation sites (tertiary alicyclic amines) is 1. The molecule has 28 heavy (non-hydrogen) atoms. The molecule has 0 bridgehead atoms. The SMILES string of the molecule is NC(=O)C1CCCN(C(=O)c2c(N3CCOCC3)noc2-c2ccccc2)C1. The fourth-order valence-electron chi connectivity index (χ4n) is 3.80. The molecule has 2 saturated heterocycles. The highest BCUT2D eigenvalue weighted by Gasteiger charge is 2.34. The Morgan fingerprint density at radius 3 is 2.57 bits per heavy atom. The van der Waals surface area contributed by atoms with Crippen LogP contribution in [0, 0.1) is 5.92 Å². The molecule has 3 heterocycles. The van der Waals surface area contributed by atoms with Crippen molar-refractivity contribution >= 4 is 17.6 Å². The fourth-order valence-corrected chi connectivity index (χ4v) is 3.80. The van der Waals surface area contributed by atoms with Crippen LogP contribution >= 0.6 is 0 Å². The number of nitrogens with two attached hydrogens (primary N) is 1. The number of primary amides is 1. The van der Waals surface area contributed by atoms with Crippen molar-refractivity contribution < 1.29 is 18.8 Å². The topological polar surface area (TPSA) is 102 Å². The molecule has 4 rings (SSSR count). The number of benzene rings is 1. The summed E-state index contributed by atoms with van der Waals surface area (Å²) in [5, 5.41) is 4.24. The van der Waals surface area contributed by atoms with Crippen LogP contribution in [0.3, 0.4) is 0 Å². The first-order chi connectivity index (χ1) is 13.6. The van der Waals surface area contributed by atoms with E-state index in [2.05, 4.69) is 5.16 Å². The van der Waals surface area contributed by atoms with Crippen LogP contribution in [-0.4, -0.2) is 61.3 Å². The van der Waals surface area contributed by atoms with E-state index in [9.17, 15) is 9.59 Å². The summed E-state index contributed by atoms with van der Waals surface area (Å²) < 4.78 is 11.1. The monoisotopic (exact) mass is 384 g/mol. The molecule has 0 saturated carbocycles. The molecule has 0 spiro atoms. The Bertz CT molecular complexity index is 845. The lowest BCUT2D eigenvalue weighted by molar-refractivity contribution is -0.123. The lowest BCUT2D eigenvalue weighted by Crippen LogP contribution is -2.45. The van der Waals surface area contributed by atoms with Gasteiger partial charge in [-0.25, -0.2) is 0 Å². The zero-order valence-electron chi connectivity index (χ0n) is 15.7. The molecule has 8 nitrogen and oxygen atoms in total. The molecule has 1 aromatic heterocycles. The number of carbonyl (C=O) groups is 2. The molecule has 0 radical (unpaired) electrons. The Balaban J connectivity index is 1.71. The van der Waals surface area contributed by atoms with Gasteiger partial charge >= 0.3 is 0 Å². The van der Waals surface area contributed by atoms with Gasteiger partial charge in [0.1, 0.15) is 5.56 Å². The molecule has 2 amide bonds. The van der Waals surface area contributed by atoms with E-state index in [1.54, 1.807) is 4.90 Å². The van der Waals surface area contributed by atoms with E-state index in [0.717, 1.165) is 12.0 Å². The molecule has 0 aliphatic carbocycles.